The van der Waals surface area contributed by atoms with E-state index in [9.17, 15) is 4.79 Å². The van der Waals surface area contributed by atoms with Crippen LogP contribution in [0.15, 0.2) is 42.7 Å². The van der Waals surface area contributed by atoms with E-state index >= 15 is 0 Å². The summed E-state index contributed by atoms with van der Waals surface area (Å²) in [5, 5.41) is 7.31. The molecule has 25 heavy (non-hydrogen) atoms. The summed E-state index contributed by atoms with van der Waals surface area (Å²) in [6, 6.07) is 10.0. The van der Waals surface area contributed by atoms with Crippen LogP contribution in [0.2, 0.25) is 0 Å². The van der Waals surface area contributed by atoms with Gasteiger partial charge in [-0.3, -0.25) is 0 Å². The summed E-state index contributed by atoms with van der Waals surface area (Å²) < 4.78 is 1.79. The molecule has 2 fully saturated rings. The van der Waals surface area contributed by atoms with Crippen molar-refractivity contribution < 1.29 is 4.79 Å². The molecule has 1 aromatic heterocycles. The highest BCUT2D eigenvalue weighted by Crippen LogP contribution is 2.22. The van der Waals surface area contributed by atoms with Crippen molar-refractivity contribution >= 4 is 11.7 Å². The quantitative estimate of drug-likeness (QED) is 0.932. The number of carbonyl (C=O) groups excluding carboxylic acids is 1. The number of rotatable bonds is 4. The van der Waals surface area contributed by atoms with E-state index in [0.29, 0.717) is 6.04 Å². The minimum absolute atomic E-state index is 0.0133. The SMILES string of the molecule is O=C(Nc1cccc(-n2cccn2)c1)N1CCC[C@@H]1CN1CCCC1. The summed E-state index contributed by atoms with van der Waals surface area (Å²) in [4.78, 5) is 17.3. The lowest BCUT2D eigenvalue weighted by molar-refractivity contribution is 0.186. The van der Waals surface area contributed by atoms with E-state index < -0.39 is 0 Å². The maximum Gasteiger partial charge on any atom is 0.322 e. The zero-order chi connectivity index (χ0) is 17.1. The number of amides is 2. The van der Waals surface area contributed by atoms with E-state index in [1.165, 1.54) is 25.9 Å². The molecule has 0 bridgehead atoms. The van der Waals surface area contributed by atoms with E-state index in [1.807, 2.05) is 41.4 Å². The maximum atomic E-state index is 12.8. The smallest absolute Gasteiger partial charge is 0.320 e. The molecule has 132 valence electrons. The van der Waals surface area contributed by atoms with Crippen LogP contribution in [0.5, 0.6) is 0 Å². The van der Waals surface area contributed by atoms with Gasteiger partial charge in [-0.2, -0.15) is 5.10 Å². The lowest BCUT2D eigenvalue weighted by Gasteiger charge is -2.28. The Morgan fingerprint density at radius 3 is 2.84 bits per heavy atom. The second kappa shape index (κ2) is 7.27. The fourth-order valence-electron chi connectivity index (χ4n) is 3.90. The van der Waals surface area contributed by atoms with Gasteiger partial charge in [0.1, 0.15) is 0 Å². The third-order valence-electron chi connectivity index (χ3n) is 5.17. The Morgan fingerprint density at radius 1 is 1.16 bits per heavy atom. The van der Waals surface area contributed by atoms with Crippen molar-refractivity contribution in [2.24, 2.45) is 0 Å². The molecule has 0 unspecified atom stereocenters. The number of carbonyl (C=O) groups is 1. The number of hydrogen-bond acceptors (Lipinski definition) is 3. The fourth-order valence-corrected chi connectivity index (χ4v) is 3.90. The predicted octanol–water partition coefficient (Wildman–Crippen LogP) is 2.96. The summed E-state index contributed by atoms with van der Waals surface area (Å²) in [6.45, 7) is 4.22. The minimum atomic E-state index is 0.0133. The highest BCUT2D eigenvalue weighted by Gasteiger charge is 2.30. The third-order valence-corrected chi connectivity index (χ3v) is 5.17. The van der Waals surface area contributed by atoms with Gasteiger partial charge in [0.25, 0.3) is 0 Å². The molecule has 3 heterocycles. The van der Waals surface area contributed by atoms with Crippen LogP contribution in [-0.2, 0) is 0 Å². The number of likely N-dealkylation sites (tertiary alicyclic amines) is 2. The van der Waals surface area contributed by atoms with Gasteiger partial charge in [0, 0.05) is 37.2 Å². The Morgan fingerprint density at radius 2 is 2.04 bits per heavy atom. The van der Waals surface area contributed by atoms with Crippen LogP contribution in [0.4, 0.5) is 10.5 Å². The number of benzene rings is 1. The van der Waals surface area contributed by atoms with Gasteiger partial charge in [-0.05, 0) is 63.0 Å². The summed E-state index contributed by atoms with van der Waals surface area (Å²) in [5.41, 5.74) is 1.75. The molecule has 6 heteroatoms. The molecule has 0 saturated carbocycles. The van der Waals surface area contributed by atoms with Crippen LogP contribution in [0.3, 0.4) is 0 Å². The van der Waals surface area contributed by atoms with Gasteiger partial charge < -0.3 is 15.1 Å². The van der Waals surface area contributed by atoms with Gasteiger partial charge in [0.2, 0.25) is 0 Å². The fraction of sp³-hybridized carbons (Fsp3) is 0.474. The van der Waals surface area contributed by atoms with Crippen molar-refractivity contribution in [3.8, 4) is 5.69 Å². The molecule has 0 spiro atoms. The molecule has 6 nitrogen and oxygen atoms in total. The van der Waals surface area contributed by atoms with E-state index in [-0.39, 0.29) is 6.03 Å². The number of aromatic nitrogens is 2. The molecule has 0 aliphatic carbocycles. The van der Waals surface area contributed by atoms with Crippen LogP contribution in [-0.4, -0.2) is 57.8 Å². The number of anilines is 1. The first-order chi connectivity index (χ1) is 12.3. The van der Waals surface area contributed by atoms with Crippen LogP contribution in [0.1, 0.15) is 25.7 Å². The topological polar surface area (TPSA) is 53.4 Å². The second-order valence-electron chi connectivity index (χ2n) is 6.93. The molecule has 2 aromatic rings. The van der Waals surface area contributed by atoms with Crippen molar-refractivity contribution in [1.29, 1.82) is 0 Å². The highest BCUT2D eigenvalue weighted by molar-refractivity contribution is 5.90. The van der Waals surface area contributed by atoms with Crippen molar-refractivity contribution in [2.45, 2.75) is 31.7 Å². The average molecular weight is 339 g/mol. The summed E-state index contributed by atoms with van der Waals surface area (Å²) >= 11 is 0. The van der Waals surface area contributed by atoms with Gasteiger partial charge in [0.15, 0.2) is 0 Å². The van der Waals surface area contributed by atoms with Crippen LogP contribution in [0.25, 0.3) is 5.69 Å². The Kier molecular flexibility index (Phi) is 4.70. The van der Waals surface area contributed by atoms with Gasteiger partial charge in [-0.1, -0.05) is 6.07 Å². The monoisotopic (exact) mass is 339 g/mol. The number of nitrogens with zero attached hydrogens (tertiary/aromatic N) is 4. The third kappa shape index (κ3) is 3.69. The summed E-state index contributed by atoms with van der Waals surface area (Å²) in [6.07, 6.45) is 8.43. The molecule has 2 saturated heterocycles. The lowest BCUT2D eigenvalue weighted by Crippen LogP contribution is -2.44. The first-order valence-corrected chi connectivity index (χ1v) is 9.20. The van der Waals surface area contributed by atoms with Crippen molar-refractivity contribution in [3.63, 3.8) is 0 Å². The molecule has 2 aliphatic rings. The zero-order valence-electron chi connectivity index (χ0n) is 14.5. The average Bonchev–Trinajstić information content (AvgIpc) is 3.38. The molecule has 0 radical (unpaired) electrons. The Labute approximate surface area is 148 Å². The highest BCUT2D eigenvalue weighted by atomic mass is 16.2. The van der Waals surface area contributed by atoms with Gasteiger partial charge in [-0.15, -0.1) is 0 Å². The van der Waals surface area contributed by atoms with Gasteiger partial charge in [0.05, 0.1) is 5.69 Å². The molecule has 1 aromatic carbocycles. The van der Waals surface area contributed by atoms with Crippen molar-refractivity contribution in [3.05, 3.63) is 42.7 Å². The first-order valence-electron chi connectivity index (χ1n) is 9.20. The molecular weight excluding hydrogens is 314 g/mol. The van der Waals surface area contributed by atoms with E-state index in [4.69, 9.17) is 0 Å². The Hall–Kier alpha value is -2.34. The lowest BCUT2D eigenvalue weighted by atomic mass is 10.2. The van der Waals surface area contributed by atoms with Gasteiger partial charge >= 0.3 is 6.03 Å². The largest absolute Gasteiger partial charge is 0.322 e. The van der Waals surface area contributed by atoms with Crippen LogP contribution in [0, 0.1) is 0 Å². The predicted molar refractivity (Wildman–Crippen MR) is 98.0 cm³/mol. The van der Waals surface area contributed by atoms with Crippen molar-refractivity contribution in [1.82, 2.24) is 19.6 Å². The summed E-state index contributed by atoms with van der Waals surface area (Å²) in [7, 11) is 0. The van der Waals surface area contributed by atoms with E-state index in [1.54, 1.807) is 10.9 Å². The van der Waals surface area contributed by atoms with Gasteiger partial charge in [-0.25, -0.2) is 9.48 Å². The van der Waals surface area contributed by atoms with E-state index in [0.717, 1.165) is 37.3 Å². The first kappa shape index (κ1) is 16.1. The van der Waals surface area contributed by atoms with Crippen LogP contribution >= 0.6 is 0 Å². The molecule has 2 amide bonds. The number of nitrogens with one attached hydrogen (secondary N) is 1. The number of hydrogen-bond donors (Lipinski definition) is 1. The Bertz CT molecular complexity index is 708. The maximum absolute atomic E-state index is 12.8. The number of urea groups is 1. The molecule has 1 atom stereocenters. The second-order valence-corrected chi connectivity index (χ2v) is 6.93. The standard InChI is InChI=1S/C19H25N5O/c25-19(23-12-4-8-18(23)15-22-10-1-2-11-22)21-16-6-3-7-17(14-16)24-13-5-9-20-24/h3,5-7,9,13-14,18H,1-2,4,8,10-12,15H2,(H,21,25)/t18-/m1/s1. The van der Waals surface area contributed by atoms with Crippen LogP contribution < -0.4 is 5.32 Å². The summed E-state index contributed by atoms with van der Waals surface area (Å²) in [5.74, 6) is 0. The molecule has 1 N–H and O–H groups in total. The van der Waals surface area contributed by atoms with E-state index in [2.05, 4.69) is 15.3 Å². The molecule has 2 aliphatic heterocycles. The Balaban J connectivity index is 1.41. The molecular formula is C19H25N5O. The zero-order valence-corrected chi connectivity index (χ0v) is 14.5. The van der Waals surface area contributed by atoms with Crippen molar-refractivity contribution in [2.75, 3.05) is 31.5 Å². The minimum Gasteiger partial charge on any atom is -0.320 e. The molecule has 4 rings (SSSR count). The normalized spacial score (nSPS) is 21.0.